The molecule has 0 atom stereocenters. The van der Waals surface area contributed by atoms with Crippen LogP contribution in [0.25, 0.3) is 0 Å². The zero-order chi connectivity index (χ0) is 14.5. The molecule has 0 saturated carbocycles. The van der Waals surface area contributed by atoms with Gasteiger partial charge in [0.1, 0.15) is 5.69 Å². The second kappa shape index (κ2) is 6.18. The number of alkyl halides is 2. The lowest BCUT2D eigenvalue weighted by Crippen LogP contribution is -2.26. The lowest BCUT2D eigenvalue weighted by Gasteiger charge is -2.09. The van der Waals surface area contributed by atoms with Gasteiger partial charge in [-0.25, -0.2) is 8.78 Å². The third-order valence-corrected chi connectivity index (χ3v) is 2.83. The van der Waals surface area contributed by atoms with E-state index < -0.39 is 13.0 Å². The molecule has 4 nitrogen and oxygen atoms in total. The van der Waals surface area contributed by atoms with Crippen molar-refractivity contribution < 1.29 is 13.6 Å². The van der Waals surface area contributed by atoms with Crippen LogP contribution >= 0.6 is 0 Å². The maximum Gasteiger partial charge on any atom is 0.268 e. The second-order valence-corrected chi connectivity index (χ2v) is 4.36. The Morgan fingerprint density at radius 2 is 1.95 bits per heavy atom. The SMILES string of the molecule is Nc1ccc(CNC(=O)c2cccn2CC(F)F)cc1. The maximum absolute atomic E-state index is 12.4. The van der Waals surface area contributed by atoms with Gasteiger partial charge in [-0.2, -0.15) is 0 Å². The quantitative estimate of drug-likeness (QED) is 0.825. The summed E-state index contributed by atoms with van der Waals surface area (Å²) in [6.45, 7) is -0.170. The Morgan fingerprint density at radius 3 is 2.60 bits per heavy atom. The highest BCUT2D eigenvalue weighted by molar-refractivity contribution is 5.92. The summed E-state index contributed by atoms with van der Waals surface area (Å²) in [5.74, 6) is -0.382. The van der Waals surface area contributed by atoms with Crippen molar-refractivity contribution in [2.24, 2.45) is 0 Å². The molecular formula is C14H15F2N3O. The smallest absolute Gasteiger partial charge is 0.268 e. The number of amides is 1. The van der Waals surface area contributed by atoms with E-state index in [0.717, 1.165) is 5.56 Å². The van der Waals surface area contributed by atoms with Crippen molar-refractivity contribution in [2.45, 2.75) is 19.5 Å². The number of nitrogens with one attached hydrogen (secondary N) is 1. The van der Waals surface area contributed by atoms with Crippen molar-refractivity contribution in [1.82, 2.24) is 9.88 Å². The van der Waals surface area contributed by atoms with E-state index in [-0.39, 0.29) is 11.6 Å². The minimum Gasteiger partial charge on any atom is -0.399 e. The summed E-state index contributed by atoms with van der Waals surface area (Å²) in [5.41, 5.74) is 7.32. The molecular weight excluding hydrogens is 264 g/mol. The van der Waals surface area contributed by atoms with Gasteiger partial charge in [0.05, 0.1) is 6.54 Å². The number of hydrogen-bond donors (Lipinski definition) is 2. The molecule has 0 unspecified atom stereocenters. The molecule has 2 aromatic rings. The van der Waals surface area contributed by atoms with Gasteiger partial charge in [0.25, 0.3) is 12.3 Å². The highest BCUT2D eigenvalue weighted by Gasteiger charge is 2.13. The number of nitrogens with zero attached hydrogens (tertiary/aromatic N) is 1. The Balaban J connectivity index is 1.98. The number of rotatable bonds is 5. The van der Waals surface area contributed by atoms with Gasteiger partial charge >= 0.3 is 0 Å². The average Bonchev–Trinajstić information content (AvgIpc) is 2.85. The van der Waals surface area contributed by atoms with Crippen molar-refractivity contribution in [3.05, 3.63) is 53.9 Å². The summed E-state index contributed by atoms with van der Waals surface area (Å²) in [6.07, 6.45) is -1.03. The highest BCUT2D eigenvalue weighted by atomic mass is 19.3. The maximum atomic E-state index is 12.4. The first kappa shape index (κ1) is 14.0. The van der Waals surface area contributed by atoms with Gasteiger partial charge in [-0.05, 0) is 29.8 Å². The molecule has 6 heteroatoms. The fourth-order valence-electron chi connectivity index (χ4n) is 1.84. The van der Waals surface area contributed by atoms with Gasteiger partial charge in [-0.15, -0.1) is 0 Å². The van der Waals surface area contributed by atoms with Gasteiger partial charge in [0.2, 0.25) is 0 Å². The fraction of sp³-hybridized carbons (Fsp3) is 0.214. The summed E-state index contributed by atoms with van der Waals surface area (Å²) < 4.78 is 26.0. The number of nitrogen functional groups attached to an aromatic ring is 1. The van der Waals surface area contributed by atoms with E-state index in [1.807, 2.05) is 0 Å². The van der Waals surface area contributed by atoms with Crippen LogP contribution in [-0.4, -0.2) is 16.9 Å². The molecule has 0 radical (unpaired) electrons. The molecule has 0 bridgehead atoms. The average molecular weight is 279 g/mol. The predicted molar refractivity (Wildman–Crippen MR) is 72.5 cm³/mol. The predicted octanol–water partition coefficient (Wildman–Crippen LogP) is 2.27. The number of hydrogen-bond acceptors (Lipinski definition) is 2. The summed E-state index contributed by atoms with van der Waals surface area (Å²) in [5, 5.41) is 2.69. The first-order valence-corrected chi connectivity index (χ1v) is 6.12. The lowest BCUT2D eigenvalue weighted by molar-refractivity contribution is 0.0928. The molecule has 1 aromatic carbocycles. The third-order valence-electron chi connectivity index (χ3n) is 2.83. The lowest BCUT2D eigenvalue weighted by atomic mass is 10.2. The van der Waals surface area contributed by atoms with Crippen LogP contribution in [0.5, 0.6) is 0 Å². The van der Waals surface area contributed by atoms with Crippen molar-refractivity contribution in [1.29, 1.82) is 0 Å². The molecule has 106 valence electrons. The van der Waals surface area contributed by atoms with E-state index in [9.17, 15) is 13.6 Å². The normalized spacial score (nSPS) is 10.8. The number of carbonyl (C=O) groups excluding carboxylic acids is 1. The summed E-state index contributed by atoms with van der Waals surface area (Å²) in [6, 6.07) is 10.2. The number of carbonyl (C=O) groups is 1. The van der Waals surface area contributed by atoms with Crippen LogP contribution in [0.1, 0.15) is 16.1 Å². The van der Waals surface area contributed by atoms with E-state index in [2.05, 4.69) is 5.32 Å². The Morgan fingerprint density at radius 1 is 1.25 bits per heavy atom. The van der Waals surface area contributed by atoms with E-state index in [0.29, 0.717) is 12.2 Å². The number of benzene rings is 1. The zero-order valence-electron chi connectivity index (χ0n) is 10.7. The first-order valence-electron chi connectivity index (χ1n) is 6.12. The number of halogens is 2. The summed E-state index contributed by atoms with van der Waals surface area (Å²) in [7, 11) is 0. The van der Waals surface area contributed by atoms with Crippen LogP contribution in [0.15, 0.2) is 42.6 Å². The molecule has 1 amide bonds. The van der Waals surface area contributed by atoms with Crippen LogP contribution < -0.4 is 11.1 Å². The minimum absolute atomic E-state index is 0.223. The summed E-state index contributed by atoms with van der Waals surface area (Å²) in [4.78, 5) is 11.9. The second-order valence-electron chi connectivity index (χ2n) is 4.36. The number of aromatic nitrogens is 1. The van der Waals surface area contributed by atoms with Gasteiger partial charge in [0, 0.05) is 18.4 Å². The number of anilines is 1. The van der Waals surface area contributed by atoms with Gasteiger partial charge in [0.15, 0.2) is 0 Å². The van der Waals surface area contributed by atoms with E-state index in [1.165, 1.54) is 16.8 Å². The van der Waals surface area contributed by atoms with Crippen LogP contribution in [0.2, 0.25) is 0 Å². The standard InChI is InChI=1S/C14H15F2N3O/c15-13(16)9-19-7-1-2-12(19)14(20)18-8-10-3-5-11(17)6-4-10/h1-7,13H,8-9,17H2,(H,18,20). The van der Waals surface area contributed by atoms with Crippen molar-refractivity contribution >= 4 is 11.6 Å². The molecule has 1 aromatic heterocycles. The van der Waals surface area contributed by atoms with Crippen LogP contribution in [0.3, 0.4) is 0 Å². The van der Waals surface area contributed by atoms with Crippen molar-refractivity contribution in [3.8, 4) is 0 Å². The van der Waals surface area contributed by atoms with Crippen molar-refractivity contribution in [3.63, 3.8) is 0 Å². The van der Waals surface area contributed by atoms with E-state index in [4.69, 9.17) is 5.73 Å². The first-order chi connectivity index (χ1) is 9.56. The topological polar surface area (TPSA) is 60.0 Å². The van der Waals surface area contributed by atoms with Crippen LogP contribution in [0.4, 0.5) is 14.5 Å². The molecule has 0 aliphatic rings. The van der Waals surface area contributed by atoms with Gasteiger partial charge < -0.3 is 15.6 Å². The van der Waals surface area contributed by atoms with Crippen molar-refractivity contribution in [2.75, 3.05) is 5.73 Å². The molecule has 0 aliphatic heterocycles. The zero-order valence-corrected chi connectivity index (χ0v) is 10.7. The molecule has 1 heterocycles. The molecule has 0 saturated heterocycles. The minimum atomic E-state index is -2.49. The van der Waals surface area contributed by atoms with Gasteiger partial charge in [-0.1, -0.05) is 12.1 Å². The van der Waals surface area contributed by atoms with E-state index >= 15 is 0 Å². The molecule has 0 aliphatic carbocycles. The Bertz CT molecular complexity index is 578. The Hall–Kier alpha value is -2.37. The van der Waals surface area contributed by atoms with Gasteiger partial charge in [-0.3, -0.25) is 4.79 Å². The Labute approximate surface area is 115 Å². The summed E-state index contributed by atoms with van der Waals surface area (Å²) >= 11 is 0. The molecule has 20 heavy (non-hydrogen) atoms. The monoisotopic (exact) mass is 279 g/mol. The molecule has 2 rings (SSSR count). The van der Waals surface area contributed by atoms with Crippen LogP contribution in [0, 0.1) is 0 Å². The van der Waals surface area contributed by atoms with Crippen LogP contribution in [-0.2, 0) is 13.1 Å². The molecule has 3 N–H and O–H groups in total. The highest BCUT2D eigenvalue weighted by Crippen LogP contribution is 2.08. The molecule has 0 spiro atoms. The largest absolute Gasteiger partial charge is 0.399 e. The Kier molecular flexibility index (Phi) is 4.34. The molecule has 0 fully saturated rings. The fourth-order valence-corrected chi connectivity index (χ4v) is 1.84. The van der Waals surface area contributed by atoms with E-state index in [1.54, 1.807) is 30.3 Å². The number of nitrogens with two attached hydrogens (primary N) is 1. The third kappa shape index (κ3) is 3.57.